The van der Waals surface area contributed by atoms with Crippen molar-refractivity contribution in [2.75, 3.05) is 6.54 Å². The Balaban J connectivity index is 1.34. The molecule has 1 N–H and O–H groups in total. The molecule has 35 heavy (non-hydrogen) atoms. The van der Waals surface area contributed by atoms with Crippen LogP contribution in [-0.4, -0.2) is 33.0 Å². The molecule has 176 valence electrons. The molecular formula is C28H25FN4O2. The first-order valence-electron chi connectivity index (χ1n) is 11.6. The van der Waals surface area contributed by atoms with Crippen LogP contribution in [0.1, 0.15) is 43.7 Å². The summed E-state index contributed by atoms with van der Waals surface area (Å²) in [5.41, 5.74) is 3.07. The lowest BCUT2D eigenvalue weighted by atomic mass is 9.98. The van der Waals surface area contributed by atoms with Gasteiger partial charge in [-0.05, 0) is 23.6 Å². The predicted octanol–water partition coefficient (Wildman–Crippen LogP) is 4.39. The Morgan fingerprint density at radius 3 is 2.37 bits per heavy atom. The van der Waals surface area contributed by atoms with Gasteiger partial charge >= 0.3 is 0 Å². The molecule has 5 rings (SSSR count). The van der Waals surface area contributed by atoms with Gasteiger partial charge in [0.2, 0.25) is 0 Å². The lowest BCUT2D eigenvalue weighted by Gasteiger charge is -2.27. The smallest absolute Gasteiger partial charge is 0.272 e. The fraction of sp³-hybridized carbons (Fsp3) is 0.179. The van der Waals surface area contributed by atoms with Crippen molar-refractivity contribution in [3.8, 4) is 0 Å². The normalized spacial score (nSPS) is 13.9. The highest BCUT2D eigenvalue weighted by atomic mass is 19.1. The minimum absolute atomic E-state index is 0.172. The van der Waals surface area contributed by atoms with Crippen molar-refractivity contribution in [3.05, 3.63) is 125 Å². The molecule has 0 spiro atoms. The van der Waals surface area contributed by atoms with Crippen molar-refractivity contribution in [1.29, 1.82) is 0 Å². The quantitative estimate of drug-likeness (QED) is 0.437. The maximum atomic E-state index is 14.1. The van der Waals surface area contributed by atoms with Crippen LogP contribution in [0.5, 0.6) is 0 Å². The average molecular weight is 469 g/mol. The number of nitrogens with one attached hydrogen (secondary N) is 1. The van der Waals surface area contributed by atoms with Gasteiger partial charge < -0.3 is 10.2 Å². The van der Waals surface area contributed by atoms with Crippen LogP contribution >= 0.6 is 0 Å². The Bertz CT molecular complexity index is 1340. The van der Waals surface area contributed by atoms with Crippen LogP contribution in [0.2, 0.25) is 0 Å². The van der Waals surface area contributed by atoms with E-state index in [2.05, 4.69) is 10.4 Å². The summed E-state index contributed by atoms with van der Waals surface area (Å²) in [6.07, 6.45) is 0.625. The second-order valence-corrected chi connectivity index (χ2v) is 8.58. The third kappa shape index (κ3) is 4.99. The van der Waals surface area contributed by atoms with Crippen molar-refractivity contribution in [1.82, 2.24) is 20.0 Å². The van der Waals surface area contributed by atoms with Crippen molar-refractivity contribution >= 4 is 11.8 Å². The van der Waals surface area contributed by atoms with Crippen LogP contribution in [-0.2, 0) is 19.5 Å². The molecule has 3 aromatic carbocycles. The highest BCUT2D eigenvalue weighted by Gasteiger charge is 2.29. The molecule has 0 fully saturated rings. The monoisotopic (exact) mass is 468 g/mol. The van der Waals surface area contributed by atoms with E-state index in [1.165, 1.54) is 12.1 Å². The largest absolute Gasteiger partial charge is 0.344 e. The van der Waals surface area contributed by atoms with Gasteiger partial charge in [0.1, 0.15) is 11.5 Å². The molecule has 0 bridgehead atoms. The van der Waals surface area contributed by atoms with E-state index < -0.39 is 0 Å². The van der Waals surface area contributed by atoms with E-state index in [0.717, 1.165) is 11.1 Å². The molecule has 7 heteroatoms. The molecule has 1 aliphatic rings. The third-order valence-corrected chi connectivity index (χ3v) is 6.21. The van der Waals surface area contributed by atoms with Crippen molar-refractivity contribution in [3.63, 3.8) is 0 Å². The predicted molar refractivity (Wildman–Crippen MR) is 130 cm³/mol. The molecule has 6 nitrogen and oxygen atoms in total. The van der Waals surface area contributed by atoms with Crippen molar-refractivity contribution in [2.45, 2.75) is 25.6 Å². The molecule has 2 heterocycles. The van der Waals surface area contributed by atoms with Gasteiger partial charge in [0.25, 0.3) is 11.8 Å². The topological polar surface area (TPSA) is 67.2 Å². The highest BCUT2D eigenvalue weighted by molar-refractivity contribution is 5.98. The molecule has 0 saturated carbocycles. The van der Waals surface area contributed by atoms with Crippen LogP contribution in [0, 0.1) is 5.82 Å². The van der Waals surface area contributed by atoms with E-state index in [-0.39, 0.29) is 35.9 Å². The Morgan fingerprint density at radius 2 is 1.63 bits per heavy atom. The van der Waals surface area contributed by atoms with Gasteiger partial charge in [-0.1, -0.05) is 78.9 Å². The summed E-state index contributed by atoms with van der Waals surface area (Å²) in [6, 6.07) is 27.4. The lowest BCUT2D eigenvalue weighted by molar-refractivity contribution is 0.0681. The van der Waals surface area contributed by atoms with Crippen molar-refractivity contribution < 1.29 is 14.0 Å². The summed E-state index contributed by atoms with van der Waals surface area (Å²) >= 11 is 0. The number of aromatic nitrogens is 2. The van der Waals surface area contributed by atoms with Gasteiger partial charge in [-0.2, -0.15) is 5.10 Å². The van der Waals surface area contributed by atoms with Gasteiger partial charge in [-0.15, -0.1) is 0 Å². The molecule has 0 aliphatic carbocycles. The van der Waals surface area contributed by atoms with Crippen LogP contribution < -0.4 is 5.32 Å². The van der Waals surface area contributed by atoms with E-state index in [1.54, 1.807) is 27.8 Å². The number of hydrogen-bond acceptors (Lipinski definition) is 3. The summed E-state index contributed by atoms with van der Waals surface area (Å²) in [5.74, 6) is -0.954. The van der Waals surface area contributed by atoms with Gasteiger partial charge in [0.05, 0.1) is 12.6 Å². The summed E-state index contributed by atoms with van der Waals surface area (Å²) < 4.78 is 15.6. The van der Waals surface area contributed by atoms with E-state index in [1.807, 2.05) is 60.7 Å². The lowest BCUT2D eigenvalue weighted by Crippen LogP contribution is -2.40. The fourth-order valence-corrected chi connectivity index (χ4v) is 4.35. The minimum Gasteiger partial charge on any atom is -0.344 e. The third-order valence-electron chi connectivity index (χ3n) is 6.21. The molecule has 1 aliphatic heterocycles. The first-order valence-corrected chi connectivity index (χ1v) is 11.6. The first-order chi connectivity index (χ1) is 17.1. The van der Waals surface area contributed by atoms with Crippen LogP contribution in [0.15, 0.2) is 91.0 Å². The molecule has 1 aromatic heterocycles. The number of hydrogen-bond donors (Lipinski definition) is 1. The molecule has 0 radical (unpaired) electrons. The number of rotatable bonds is 7. The zero-order chi connectivity index (χ0) is 24.2. The Labute approximate surface area is 203 Å². The van der Waals surface area contributed by atoms with Gasteiger partial charge in [-0.3, -0.25) is 14.3 Å². The zero-order valence-electron chi connectivity index (χ0n) is 19.1. The molecule has 1 unspecified atom stereocenters. The first kappa shape index (κ1) is 22.5. The average Bonchev–Trinajstić information content (AvgIpc) is 3.33. The number of amides is 2. The molecule has 1 atom stereocenters. The SMILES string of the molecule is O=C(NC(Cc1ccccc1)c1ccccc1)c1cc2n(n1)CCN(Cc1ccccc1F)C2=O. The maximum absolute atomic E-state index is 14.1. The minimum atomic E-state index is -0.343. The zero-order valence-corrected chi connectivity index (χ0v) is 19.1. The Kier molecular flexibility index (Phi) is 6.39. The van der Waals surface area contributed by atoms with Crippen LogP contribution in [0.4, 0.5) is 4.39 Å². The molecular weight excluding hydrogens is 443 g/mol. The Morgan fingerprint density at radius 1 is 0.943 bits per heavy atom. The van der Waals surface area contributed by atoms with Gasteiger partial charge in [0, 0.05) is 24.7 Å². The number of carbonyl (C=O) groups excluding carboxylic acids is 2. The fourth-order valence-electron chi connectivity index (χ4n) is 4.35. The number of fused-ring (bicyclic) bond motifs is 1. The summed E-state index contributed by atoms with van der Waals surface area (Å²) in [7, 11) is 0. The maximum Gasteiger partial charge on any atom is 0.272 e. The van der Waals surface area contributed by atoms with Crippen LogP contribution in [0.3, 0.4) is 0 Å². The second-order valence-electron chi connectivity index (χ2n) is 8.58. The number of benzene rings is 3. The number of carbonyl (C=O) groups is 2. The standard InChI is InChI=1S/C28H25FN4O2/c29-23-14-8-7-13-22(23)19-32-15-16-33-26(28(32)35)18-25(31-33)27(34)30-24(21-11-5-2-6-12-21)17-20-9-3-1-4-10-20/h1-14,18,24H,15-17,19H2,(H,30,34). The summed E-state index contributed by atoms with van der Waals surface area (Å²) in [5, 5.41) is 7.49. The summed E-state index contributed by atoms with van der Waals surface area (Å²) in [6.45, 7) is 1.00. The van der Waals surface area contributed by atoms with Gasteiger partial charge in [-0.25, -0.2) is 4.39 Å². The highest BCUT2D eigenvalue weighted by Crippen LogP contribution is 2.21. The van der Waals surface area contributed by atoms with E-state index >= 15 is 0 Å². The molecule has 4 aromatic rings. The number of halogens is 1. The van der Waals surface area contributed by atoms with Crippen molar-refractivity contribution in [2.24, 2.45) is 0 Å². The van der Waals surface area contributed by atoms with Crippen LogP contribution in [0.25, 0.3) is 0 Å². The van der Waals surface area contributed by atoms with E-state index in [9.17, 15) is 14.0 Å². The Hall–Kier alpha value is -4.26. The second kappa shape index (κ2) is 9.93. The number of nitrogens with zero attached hydrogens (tertiary/aromatic N) is 3. The summed E-state index contributed by atoms with van der Waals surface area (Å²) in [4.78, 5) is 27.8. The van der Waals surface area contributed by atoms with E-state index in [4.69, 9.17) is 0 Å². The van der Waals surface area contributed by atoms with E-state index in [0.29, 0.717) is 30.8 Å². The van der Waals surface area contributed by atoms with Gasteiger partial charge in [0.15, 0.2) is 5.69 Å². The molecule has 2 amide bonds. The molecule has 0 saturated heterocycles.